The van der Waals surface area contributed by atoms with E-state index in [4.69, 9.17) is 4.74 Å². The van der Waals surface area contributed by atoms with Gasteiger partial charge in [-0.1, -0.05) is 6.07 Å². The van der Waals surface area contributed by atoms with Crippen LogP contribution in [0.15, 0.2) is 29.8 Å². The summed E-state index contributed by atoms with van der Waals surface area (Å²) >= 11 is 1.15. The van der Waals surface area contributed by atoms with Crippen LogP contribution >= 0.6 is 11.3 Å². The quantitative estimate of drug-likeness (QED) is 0.824. The van der Waals surface area contributed by atoms with Crippen LogP contribution in [0.2, 0.25) is 0 Å². The second-order valence-electron chi connectivity index (χ2n) is 3.89. The van der Waals surface area contributed by atoms with E-state index < -0.39 is 12.0 Å². The number of carbonyl (C=O) groups is 2. The van der Waals surface area contributed by atoms with E-state index in [1.54, 1.807) is 19.2 Å². The van der Waals surface area contributed by atoms with Crippen LogP contribution in [-0.2, 0) is 11.3 Å². The van der Waals surface area contributed by atoms with Crippen molar-refractivity contribution in [2.45, 2.75) is 13.5 Å². The Kier molecular flexibility index (Phi) is 5.22. The van der Waals surface area contributed by atoms with Crippen LogP contribution in [0.25, 0.3) is 0 Å². The van der Waals surface area contributed by atoms with Gasteiger partial charge in [-0.05, 0) is 19.1 Å². The normalized spacial score (nSPS) is 9.95. The van der Waals surface area contributed by atoms with Crippen molar-refractivity contribution in [3.8, 4) is 0 Å². The lowest BCUT2D eigenvalue weighted by Gasteiger charge is -2.04. The van der Waals surface area contributed by atoms with Crippen molar-refractivity contribution in [1.82, 2.24) is 15.3 Å². The van der Waals surface area contributed by atoms with Gasteiger partial charge in [-0.25, -0.2) is 14.6 Å². The fourth-order valence-electron chi connectivity index (χ4n) is 1.44. The van der Waals surface area contributed by atoms with Crippen molar-refractivity contribution in [2.24, 2.45) is 0 Å². The molecule has 8 heteroatoms. The van der Waals surface area contributed by atoms with Crippen molar-refractivity contribution in [3.05, 3.63) is 41.2 Å². The maximum Gasteiger partial charge on any atom is 0.357 e. The van der Waals surface area contributed by atoms with Crippen LogP contribution in [0.5, 0.6) is 0 Å². The van der Waals surface area contributed by atoms with Crippen LogP contribution in [-0.4, -0.2) is 28.6 Å². The van der Waals surface area contributed by atoms with Gasteiger partial charge in [0.1, 0.15) is 0 Å². The number of pyridine rings is 1. The fourth-order valence-corrected chi connectivity index (χ4v) is 2.12. The van der Waals surface area contributed by atoms with Gasteiger partial charge in [-0.3, -0.25) is 10.3 Å². The van der Waals surface area contributed by atoms with Gasteiger partial charge in [0.25, 0.3) is 0 Å². The molecule has 0 aliphatic carbocycles. The van der Waals surface area contributed by atoms with Crippen molar-refractivity contribution in [2.75, 3.05) is 11.9 Å². The van der Waals surface area contributed by atoms with E-state index in [1.165, 1.54) is 5.38 Å². The van der Waals surface area contributed by atoms with Gasteiger partial charge in [0.2, 0.25) is 0 Å². The third-order valence-corrected chi connectivity index (χ3v) is 3.12. The maximum atomic E-state index is 11.7. The number of thiazole rings is 1. The van der Waals surface area contributed by atoms with Crippen molar-refractivity contribution >= 4 is 28.5 Å². The number of carbonyl (C=O) groups excluding carboxylic acids is 2. The molecule has 0 aromatic carbocycles. The summed E-state index contributed by atoms with van der Waals surface area (Å²) in [5.41, 5.74) is 0.931. The average Bonchev–Trinajstić information content (AvgIpc) is 2.95. The molecule has 0 saturated heterocycles. The van der Waals surface area contributed by atoms with Crippen LogP contribution in [0.1, 0.15) is 23.1 Å². The Morgan fingerprint density at radius 1 is 1.38 bits per heavy atom. The maximum absolute atomic E-state index is 11.7. The SMILES string of the molecule is CCOC(=O)c1csc(NC(=O)NCc2ccccn2)n1. The summed E-state index contributed by atoms with van der Waals surface area (Å²) in [6, 6.07) is 5.04. The third kappa shape index (κ3) is 4.53. The molecule has 2 heterocycles. The Labute approximate surface area is 125 Å². The van der Waals surface area contributed by atoms with E-state index in [0.717, 1.165) is 17.0 Å². The molecule has 0 atom stereocenters. The van der Waals surface area contributed by atoms with Crippen molar-refractivity contribution in [3.63, 3.8) is 0 Å². The molecule has 0 spiro atoms. The van der Waals surface area contributed by atoms with Gasteiger partial charge in [-0.2, -0.15) is 0 Å². The predicted molar refractivity (Wildman–Crippen MR) is 78.2 cm³/mol. The minimum atomic E-state index is -0.504. The second-order valence-corrected chi connectivity index (χ2v) is 4.75. The van der Waals surface area contributed by atoms with Gasteiger partial charge >= 0.3 is 12.0 Å². The summed E-state index contributed by atoms with van der Waals surface area (Å²) in [5, 5.41) is 7.06. The van der Waals surface area contributed by atoms with Crippen molar-refractivity contribution in [1.29, 1.82) is 0 Å². The first-order valence-corrected chi connectivity index (χ1v) is 7.14. The molecular formula is C13H14N4O3S. The molecule has 2 N–H and O–H groups in total. The van der Waals surface area contributed by atoms with Crippen LogP contribution in [0.4, 0.5) is 9.93 Å². The minimum Gasteiger partial charge on any atom is -0.461 e. The van der Waals surface area contributed by atoms with Crippen LogP contribution in [0, 0.1) is 0 Å². The van der Waals surface area contributed by atoms with E-state index in [1.807, 2.05) is 12.1 Å². The topological polar surface area (TPSA) is 93.2 Å². The number of aromatic nitrogens is 2. The number of hydrogen-bond donors (Lipinski definition) is 2. The zero-order chi connectivity index (χ0) is 15.1. The molecule has 2 aromatic heterocycles. The summed E-state index contributed by atoms with van der Waals surface area (Å²) in [6.45, 7) is 2.31. The van der Waals surface area contributed by atoms with Gasteiger partial charge in [0, 0.05) is 11.6 Å². The Morgan fingerprint density at radius 2 is 2.24 bits per heavy atom. The highest BCUT2D eigenvalue weighted by atomic mass is 32.1. The molecule has 2 aromatic rings. The molecule has 0 aliphatic rings. The molecule has 0 radical (unpaired) electrons. The lowest BCUT2D eigenvalue weighted by molar-refractivity contribution is 0.0520. The molecule has 0 bridgehead atoms. The molecule has 110 valence electrons. The molecule has 21 heavy (non-hydrogen) atoms. The first-order valence-electron chi connectivity index (χ1n) is 6.26. The van der Waals surface area contributed by atoms with E-state index >= 15 is 0 Å². The first kappa shape index (κ1) is 14.9. The van der Waals surface area contributed by atoms with E-state index in [2.05, 4.69) is 20.6 Å². The zero-order valence-electron chi connectivity index (χ0n) is 11.3. The first-order chi connectivity index (χ1) is 10.2. The summed E-state index contributed by atoms with van der Waals surface area (Å²) < 4.78 is 4.82. The molecule has 2 amide bonds. The number of ether oxygens (including phenoxy) is 1. The number of rotatable bonds is 5. The molecule has 0 aliphatic heterocycles. The van der Waals surface area contributed by atoms with Gasteiger partial charge < -0.3 is 10.1 Å². The molecule has 0 saturated carbocycles. The van der Waals surface area contributed by atoms with Crippen molar-refractivity contribution < 1.29 is 14.3 Å². The lowest BCUT2D eigenvalue weighted by atomic mass is 10.3. The smallest absolute Gasteiger partial charge is 0.357 e. The van der Waals surface area contributed by atoms with Crippen LogP contribution in [0.3, 0.4) is 0 Å². The number of amides is 2. The summed E-state index contributed by atoms with van der Waals surface area (Å²) in [5.74, 6) is -0.504. The highest BCUT2D eigenvalue weighted by Crippen LogP contribution is 2.15. The zero-order valence-corrected chi connectivity index (χ0v) is 12.1. The van der Waals surface area contributed by atoms with Gasteiger partial charge in [0.05, 0.1) is 18.8 Å². The Balaban J connectivity index is 1.84. The number of urea groups is 1. The Morgan fingerprint density at radius 3 is 2.95 bits per heavy atom. The number of anilines is 1. The second kappa shape index (κ2) is 7.34. The largest absolute Gasteiger partial charge is 0.461 e. The third-order valence-electron chi connectivity index (χ3n) is 2.37. The molecule has 2 rings (SSSR count). The standard InChI is InChI=1S/C13H14N4O3S/c1-2-20-11(18)10-8-21-13(16-10)17-12(19)15-7-9-5-3-4-6-14-9/h3-6,8H,2,7H2,1H3,(H2,15,16,17,19). The number of nitrogens with one attached hydrogen (secondary N) is 2. The fraction of sp³-hybridized carbons (Fsp3) is 0.231. The monoisotopic (exact) mass is 306 g/mol. The van der Waals surface area contributed by atoms with E-state index in [-0.39, 0.29) is 12.3 Å². The Bertz CT molecular complexity index is 615. The summed E-state index contributed by atoms with van der Waals surface area (Å²) in [7, 11) is 0. The van der Waals surface area contributed by atoms with Gasteiger partial charge in [0.15, 0.2) is 10.8 Å². The molecule has 7 nitrogen and oxygen atoms in total. The minimum absolute atomic E-state index is 0.182. The number of esters is 1. The summed E-state index contributed by atoms with van der Waals surface area (Å²) in [6.07, 6.45) is 1.65. The number of nitrogens with zero attached hydrogens (tertiary/aromatic N) is 2. The highest BCUT2D eigenvalue weighted by molar-refractivity contribution is 7.14. The average molecular weight is 306 g/mol. The molecule has 0 unspecified atom stereocenters. The van der Waals surface area contributed by atoms with Crippen LogP contribution < -0.4 is 10.6 Å². The molecule has 0 fully saturated rings. The highest BCUT2D eigenvalue weighted by Gasteiger charge is 2.12. The van der Waals surface area contributed by atoms with E-state index in [0.29, 0.717) is 11.7 Å². The lowest BCUT2D eigenvalue weighted by Crippen LogP contribution is -2.28. The Hall–Kier alpha value is -2.48. The predicted octanol–water partition coefficient (Wildman–Crippen LogP) is 2.04. The summed E-state index contributed by atoms with van der Waals surface area (Å²) in [4.78, 5) is 31.2. The molecular weight excluding hydrogens is 292 g/mol. The van der Waals surface area contributed by atoms with Gasteiger partial charge in [-0.15, -0.1) is 11.3 Å². The number of hydrogen-bond acceptors (Lipinski definition) is 6. The van der Waals surface area contributed by atoms with E-state index in [9.17, 15) is 9.59 Å².